The van der Waals surface area contributed by atoms with Gasteiger partial charge in [-0.15, -0.1) is 0 Å². The van der Waals surface area contributed by atoms with Gasteiger partial charge in [-0.3, -0.25) is 14.3 Å². The van der Waals surface area contributed by atoms with Crippen LogP contribution in [0.25, 0.3) is 10.8 Å². The fourth-order valence-electron chi connectivity index (χ4n) is 3.04. The van der Waals surface area contributed by atoms with E-state index in [-0.39, 0.29) is 17.3 Å². The zero-order valence-electron chi connectivity index (χ0n) is 17.0. The number of rotatable bonds is 5. The lowest BCUT2D eigenvalue weighted by Gasteiger charge is -2.13. The molecular weight excluding hydrogens is 374 g/mol. The smallest absolute Gasteiger partial charge is 0.359 e. The number of amides is 1. The van der Waals surface area contributed by atoms with Gasteiger partial charge in [-0.2, -0.15) is 10.2 Å². The van der Waals surface area contributed by atoms with Gasteiger partial charge in [0.05, 0.1) is 28.5 Å². The van der Waals surface area contributed by atoms with Crippen molar-refractivity contribution in [3.63, 3.8) is 0 Å². The second-order valence-electron chi connectivity index (χ2n) is 7.03. The molecule has 0 unspecified atom stereocenters. The summed E-state index contributed by atoms with van der Waals surface area (Å²) < 4.78 is 8.07. The standard InChI is InChI=1S/C20H23N5O4/c1-11(2)25-19(27)15-9-7-6-8-14(15)18(23-25)20(28)29-10-16(26)21-17-12(3)22-24(5)13(17)4/h6-9,11H,10H2,1-5H3,(H,21,26). The van der Waals surface area contributed by atoms with Crippen molar-refractivity contribution in [1.29, 1.82) is 0 Å². The van der Waals surface area contributed by atoms with E-state index in [1.807, 2.05) is 6.92 Å². The van der Waals surface area contributed by atoms with Crippen molar-refractivity contribution in [2.75, 3.05) is 11.9 Å². The first kappa shape index (κ1) is 20.2. The number of nitrogens with one attached hydrogen (secondary N) is 1. The molecule has 9 heteroatoms. The van der Waals surface area contributed by atoms with Crippen LogP contribution in [0.2, 0.25) is 0 Å². The number of aryl methyl sites for hydroxylation is 2. The fraction of sp³-hybridized carbons (Fsp3) is 0.350. The first-order chi connectivity index (χ1) is 13.7. The van der Waals surface area contributed by atoms with Crippen molar-refractivity contribution in [3.8, 4) is 0 Å². The van der Waals surface area contributed by atoms with E-state index in [9.17, 15) is 14.4 Å². The van der Waals surface area contributed by atoms with Gasteiger partial charge in [0.1, 0.15) is 0 Å². The molecule has 0 spiro atoms. The van der Waals surface area contributed by atoms with E-state index < -0.39 is 18.5 Å². The number of anilines is 1. The highest BCUT2D eigenvalue weighted by molar-refractivity contribution is 6.03. The number of carbonyl (C=O) groups excluding carboxylic acids is 2. The first-order valence-corrected chi connectivity index (χ1v) is 9.19. The highest BCUT2D eigenvalue weighted by Crippen LogP contribution is 2.18. The summed E-state index contributed by atoms with van der Waals surface area (Å²) in [5.74, 6) is -1.26. The average Bonchev–Trinajstić information content (AvgIpc) is 2.92. The molecule has 0 saturated carbocycles. The summed E-state index contributed by atoms with van der Waals surface area (Å²) in [5.41, 5.74) is 1.76. The van der Waals surface area contributed by atoms with E-state index >= 15 is 0 Å². The number of hydrogen-bond donors (Lipinski definition) is 1. The van der Waals surface area contributed by atoms with Crippen LogP contribution in [-0.4, -0.2) is 38.0 Å². The third-order valence-electron chi connectivity index (χ3n) is 4.62. The van der Waals surface area contributed by atoms with Gasteiger partial charge >= 0.3 is 5.97 Å². The van der Waals surface area contributed by atoms with Crippen LogP contribution < -0.4 is 10.9 Å². The summed E-state index contributed by atoms with van der Waals surface area (Å²) in [7, 11) is 1.78. The van der Waals surface area contributed by atoms with Crippen molar-refractivity contribution < 1.29 is 14.3 Å². The summed E-state index contributed by atoms with van der Waals surface area (Å²) >= 11 is 0. The Hall–Kier alpha value is -3.49. The van der Waals surface area contributed by atoms with Crippen LogP contribution in [-0.2, 0) is 16.6 Å². The molecule has 0 aliphatic carbocycles. The molecule has 0 aliphatic rings. The zero-order valence-corrected chi connectivity index (χ0v) is 17.0. The van der Waals surface area contributed by atoms with Crippen LogP contribution in [0.5, 0.6) is 0 Å². The normalized spacial score (nSPS) is 11.1. The van der Waals surface area contributed by atoms with E-state index in [1.165, 1.54) is 4.68 Å². The molecule has 0 fully saturated rings. The zero-order chi connectivity index (χ0) is 21.3. The lowest BCUT2D eigenvalue weighted by atomic mass is 10.1. The molecule has 2 heterocycles. The van der Waals surface area contributed by atoms with E-state index in [1.54, 1.807) is 56.8 Å². The molecule has 1 aromatic carbocycles. The number of nitrogens with zero attached hydrogens (tertiary/aromatic N) is 4. The van der Waals surface area contributed by atoms with Crippen molar-refractivity contribution in [3.05, 3.63) is 51.7 Å². The van der Waals surface area contributed by atoms with Crippen LogP contribution in [0.3, 0.4) is 0 Å². The van der Waals surface area contributed by atoms with Crippen LogP contribution in [0, 0.1) is 13.8 Å². The Morgan fingerprint density at radius 2 is 1.79 bits per heavy atom. The molecule has 3 aromatic rings. The van der Waals surface area contributed by atoms with Gasteiger partial charge in [0, 0.05) is 12.4 Å². The first-order valence-electron chi connectivity index (χ1n) is 9.19. The number of ether oxygens (including phenoxy) is 1. The maximum Gasteiger partial charge on any atom is 0.359 e. The third kappa shape index (κ3) is 3.89. The SMILES string of the molecule is Cc1nn(C)c(C)c1NC(=O)COC(=O)c1nn(C(C)C)c(=O)c2ccccc12. The van der Waals surface area contributed by atoms with Crippen LogP contribution in [0.15, 0.2) is 29.1 Å². The summed E-state index contributed by atoms with van der Waals surface area (Å²) in [4.78, 5) is 37.5. The Morgan fingerprint density at radius 3 is 2.38 bits per heavy atom. The fourth-order valence-corrected chi connectivity index (χ4v) is 3.04. The van der Waals surface area contributed by atoms with Crippen LogP contribution in [0.1, 0.15) is 41.8 Å². The molecule has 0 aliphatic heterocycles. The van der Waals surface area contributed by atoms with Gasteiger partial charge in [0.25, 0.3) is 11.5 Å². The Labute approximate surface area is 167 Å². The lowest BCUT2D eigenvalue weighted by molar-refractivity contribution is -0.119. The third-order valence-corrected chi connectivity index (χ3v) is 4.62. The molecule has 1 amide bonds. The van der Waals surface area contributed by atoms with Gasteiger partial charge in [-0.25, -0.2) is 9.48 Å². The molecule has 2 aromatic heterocycles. The molecule has 0 atom stereocenters. The summed E-state index contributed by atoms with van der Waals surface area (Å²) in [6.45, 7) is 6.71. The summed E-state index contributed by atoms with van der Waals surface area (Å²) in [6, 6.07) is 6.46. The summed E-state index contributed by atoms with van der Waals surface area (Å²) in [5, 5.41) is 11.9. The van der Waals surface area contributed by atoms with Gasteiger partial charge in [0.15, 0.2) is 12.3 Å². The molecule has 152 valence electrons. The number of aromatic nitrogens is 4. The Balaban J connectivity index is 1.82. The van der Waals surface area contributed by atoms with Crippen LogP contribution in [0.4, 0.5) is 5.69 Å². The minimum atomic E-state index is -0.773. The molecule has 9 nitrogen and oxygen atoms in total. The van der Waals surface area contributed by atoms with E-state index in [2.05, 4.69) is 15.5 Å². The van der Waals surface area contributed by atoms with Gasteiger partial charge in [0.2, 0.25) is 0 Å². The second-order valence-corrected chi connectivity index (χ2v) is 7.03. The molecule has 0 bridgehead atoms. The quantitative estimate of drug-likeness (QED) is 0.661. The van der Waals surface area contributed by atoms with E-state index in [0.29, 0.717) is 22.2 Å². The van der Waals surface area contributed by atoms with E-state index in [0.717, 1.165) is 5.69 Å². The van der Waals surface area contributed by atoms with Crippen molar-refractivity contribution in [1.82, 2.24) is 19.6 Å². The topological polar surface area (TPSA) is 108 Å². The van der Waals surface area contributed by atoms with Gasteiger partial charge in [-0.1, -0.05) is 18.2 Å². The number of esters is 1. The Morgan fingerprint density at radius 1 is 1.14 bits per heavy atom. The molecule has 0 saturated heterocycles. The minimum absolute atomic E-state index is 0.00422. The van der Waals surface area contributed by atoms with Crippen molar-refractivity contribution >= 4 is 28.3 Å². The predicted molar refractivity (Wildman–Crippen MR) is 108 cm³/mol. The monoisotopic (exact) mass is 397 g/mol. The minimum Gasteiger partial charge on any atom is -0.451 e. The number of benzene rings is 1. The largest absolute Gasteiger partial charge is 0.451 e. The highest BCUT2D eigenvalue weighted by Gasteiger charge is 2.20. The number of fused-ring (bicyclic) bond motifs is 1. The number of hydrogen-bond acceptors (Lipinski definition) is 6. The average molecular weight is 397 g/mol. The Kier molecular flexibility index (Phi) is 5.49. The highest BCUT2D eigenvalue weighted by atomic mass is 16.5. The molecular formula is C20H23N5O4. The lowest BCUT2D eigenvalue weighted by Crippen LogP contribution is -2.29. The van der Waals surface area contributed by atoms with Crippen molar-refractivity contribution in [2.45, 2.75) is 33.7 Å². The maximum absolute atomic E-state index is 12.6. The van der Waals surface area contributed by atoms with Gasteiger partial charge in [-0.05, 0) is 33.8 Å². The predicted octanol–water partition coefficient (Wildman–Crippen LogP) is 2.12. The van der Waals surface area contributed by atoms with Crippen LogP contribution >= 0.6 is 0 Å². The van der Waals surface area contributed by atoms with E-state index in [4.69, 9.17) is 4.74 Å². The van der Waals surface area contributed by atoms with Gasteiger partial charge < -0.3 is 10.1 Å². The molecule has 1 N–H and O–H groups in total. The molecule has 3 rings (SSSR count). The maximum atomic E-state index is 12.6. The second kappa shape index (κ2) is 7.86. The molecule has 29 heavy (non-hydrogen) atoms. The molecule has 0 radical (unpaired) electrons. The number of carbonyl (C=O) groups is 2. The Bertz CT molecular complexity index is 1160. The summed E-state index contributed by atoms with van der Waals surface area (Å²) in [6.07, 6.45) is 0. The van der Waals surface area contributed by atoms with Crippen molar-refractivity contribution in [2.24, 2.45) is 7.05 Å².